The van der Waals surface area contributed by atoms with Gasteiger partial charge >= 0.3 is 0 Å². The predicted molar refractivity (Wildman–Crippen MR) is 144 cm³/mol. The van der Waals surface area contributed by atoms with Gasteiger partial charge in [-0.3, -0.25) is 4.79 Å². The number of fused-ring (bicyclic) bond motifs is 1. The van der Waals surface area contributed by atoms with E-state index in [1.807, 2.05) is 28.9 Å². The fourth-order valence-corrected chi connectivity index (χ4v) is 5.72. The Labute approximate surface area is 218 Å². The molecule has 4 aliphatic rings. The molecule has 1 saturated heterocycles. The smallest absolute Gasteiger partial charge is 0.234 e. The summed E-state index contributed by atoms with van der Waals surface area (Å²) in [5.74, 6) is 1.23. The Morgan fingerprint density at radius 3 is 2.73 bits per heavy atom. The Bertz CT molecular complexity index is 1190. The molecule has 6 rings (SSSR count). The third kappa shape index (κ3) is 5.69. The van der Waals surface area contributed by atoms with Gasteiger partial charge < -0.3 is 20.1 Å². The van der Waals surface area contributed by atoms with E-state index < -0.39 is 0 Å². The Kier molecular flexibility index (Phi) is 6.93. The molecule has 1 amide bonds. The standard InChI is InChI=1S/C29H39N5O3/c1-29(13-3-2-4-14-29)37-26-17-24(30-18-20-11-15-36-16-12-20)27-31-19-25(34(27)33-26)21-5-7-22(8-6-21)28(35)32-23-9-10-23/h5-7,17,19-20,22-23,30H,2-4,8-16,18H2,1H3,(H,32,35). The van der Waals surface area contributed by atoms with Gasteiger partial charge in [0.2, 0.25) is 11.8 Å². The number of hydrogen-bond donors (Lipinski definition) is 2. The molecule has 2 N–H and O–H groups in total. The molecule has 3 fully saturated rings. The summed E-state index contributed by atoms with van der Waals surface area (Å²) in [6, 6.07) is 2.40. The van der Waals surface area contributed by atoms with E-state index in [0.29, 0.717) is 24.3 Å². The number of ether oxygens (including phenoxy) is 2. The predicted octanol–water partition coefficient (Wildman–Crippen LogP) is 4.91. The summed E-state index contributed by atoms with van der Waals surface area (Å²) in [4.78, 5) is 17.3. The summed E-state index contributed by atoms with van der Waals surface area (Å²) in [7, 11) is 0. The van der Waals surface area contributed by atoms with E-state index in [4.69, 9.17) is 19.6 Å². The fraction of sp³-hybridized carbons (Fsp3) is 0.621. The second-order valence-corrected chi connectivity index (χ2v) is 11.5. The van der Waals surface area contributed by atoms with E-state index in [1.54, 1.807) is 0 Å². The summed E-state index contributed by atoms with van der Waals surface area (Å²) >= 11 is 0. The number of imidazole rings is 1. The van der Waals surface area contributed by atoms with Gasteiger partial charge in [-0.1, -0.05) is 24.6 Å². The quantitative estimate of drug-likeness (QED) is 0.530. The molecule has 3 heterocycles. The monoisotopic (exact) mass is 505 g/mol. The number of aromatic nitrogens is 3. The number of hydrogen-bond acceptors (Lipinski definition) is 6. The van der Waals surface area contributed by atoms with E-state index in [1.165, 1.54) is 19.3 Å². The number of nitrogens with zero attached hydrogens (tertiary/aromatic N) is 3. The molecule has 3 aliphatic carbocycles. The summed E-state index contributed by atoms with van der Waals surface area (Å²) in [5, 5.41) is 11.7. The molecule has 0 aromatic carbocycles. The largest absolute Gasteiger partial charge is 0.470 e. The van der Waals surface area contributed by atoms with Crippen molar-refractivity contribution in [2.45, 2.75) is 82.8 Å². The number of rotatable bonds is 8. The highest BCUT2D eigenvalue weighted by molar-refractivity contribution is 5.85. The first-order chi connectivity index (χ1) is 18.1. The molecule has 2 aromatic rings. The van der Waals surface area contributed by atoms with Crippen LogP contribution in [0.25, 0.3) is 11.2 Å². The van der Waals surface area contributed by atoms with Crippen molar-refractivity contribution in [3.05, 3.63) is 36.2 Å². The van der Waals surface area contributed by atoms with E-state index >= 15 is 0 Å². The fourth-order valence-electron chi connectivity index (χ4n) is 5.72. The first-order valence-corrected chi connectivity index (χ1v) is 14.1. The Morgan fingerprint density at radius 2 is 2.00 bits per heavy atom. The van der Waals surface area contributed by atoms with Crippen LogP contribution in [0.3, 0.4) is 0 Å². The SMILES string of the molecule is CC1(Oc2cc(NCC3CCOCC3)c3ncc(C4=CCC(C(=O)NC5CC5)C=C4)n3n2)CCCCC1. The van der Waals surface area contributed by atoms with E-state index in [9.17, 15) is 4.79 Å². The highest BCUT2D eigenvalue weighted by atomic mass is 16.5. The van der Waals surface area contributed by atoms with Crippen LogP contribution in [0.15, 0.2) is 30.5 Å². The number of nitrogens with one attached hydrogen (secondary N) is 2. The van der Waals surface area contributed by atoms with Crippen molar-refractivity contribution in [1.82, 2.24) is 19.9 Å². The minimum atomic E-state index is -0.191. The highest BCUT2D eigenvalue weighted by Gasteiger charge is 2.30. The van der Waals surface area contributed by atoms with Crippen molar-refractivity contribution in [3.8, 4) is 5.88 Å². The average Bonchev–Trinajstić information content (AvgIpc) is 3.63. The van der Waals surface area contributed by atoms with Crippen molar-refractivity contribution in [2.75, 3.05) is 25.1 Å². The summed E-state index contributed by atoms with van der Waals surface area (Å²) in [6.45, 7) is 4.75. The minimum Gasteiger partial charge on any atom is -0.470 e. The maximum atomic E-state index is 12.5. The average molecular weight is 506 g/mol. The van der Waals surface area contributed by atoms with Gasteiger partial charge in [0.1, 0.15) is 5.60 Å². The van der Waals surface area contributed by atoms with Gasteiger partial charge in [-0.15, -0.1) is 5.10 Å². The summed E-state index contributed by atoms with van der Waals surface area (Å²) in [5.41, 5.74) is 3.51. The van der Waals surface area contributed by atoms with E-state index in [2.05, 4.69) is 23.6 Å². The summed E-state index contributed by atoms with van der Waals surface area (Å²) < 4.78 is 14.0. The molecule has 0 spiro atoms. The third-order valence-electron chi connectivity index (χ3n) is 8.29. The lowest BCUT2D eigenvalue weighted by atomic mass is 9.86. The van der Waals surface area contributed by atoms with E-state index in [-0.39, 0.29) is 17.4 Å². The maximum Gasteiger partial charge on any atom is 0.234 e. The maximum absolute atomic E-state index is 12.5. The van der Waals surface area contributed by atoms with Crippen LogP contribution in [0.5, 0.6) is 5.88 Å². The molecule has 0 bridgehead atoms. The lowest BCUT2D eigenvalue weighted by molar-refractivity contribution is -0.123. The Balaban J connectivity index is 1.26. The normalized spacial score (nSPS) is 24.0. The number of carbonyl (C=O) groups excluding carboxylic acids is 1. The second-order valence-electron chi connectivity index (χ2n) is 11.5. The molecular formula is C29H39N5O3. The summed E-state index contributed by atoms with van der Waals surface area (Å²) in [6.07, 6.45) is 18.9. The molecule has 8 heteroatoms. The topological polar surface area (TPSA) is 89.8 Å². The van der Waals surface area contributed by atoms with Crippen molar-refractivity contribution >= 4 is 22.8 Å². The molecule has 37 heavy (non-hydrogen) atoms. The van der Waals surface area contributed by atoms with Crippen LogP contribution in [0.1, 0.15) is 76.8 Å². The van der Waals surface area contributed by atoms with Crippen molar-refractivity contribution in [3.63, 3.8) is 0 Å². The Hall–Kier alpha value is -2.87. The number of carbonyl (C=O) groups is 1. The van der Waals surface area contributed by atoms with E-state index in [0.717, 1.165) is 80.9 Å². The van der Waals surface area contributed by atoms with Gasteiger partial charge in [-0.25, -0.2) is 9.50 Å². The molecule has 2 saturated carbocycles. The minimum absolute atomic E-state index is 0.113. The number of allylic oxidation sites excluding steroid dienone is 3. The lowest BCUT2D eigenvalue weighted by Crippen LogP contribution is -2.35. The van der Waals surface area contributed by atoms with Gasteiger partial charge in [0.15, 0.2) is 5.65 Å². The lowest BCUT2D eigenvalue weighted by Gasteiger charge is -2.33. The molecule has 2 aromatic heterocycles. The molecule has 1 unspecified atom stereocenters. The molecule has 198 valence electrons. The zero-order valence-electron chi connectivity index (χ0n) is 21.9. The van der Waals surface area contributed by atoms with Crippen LogP contribution in [0.2, 0.25) is 0 Å². The number of anilines is 1. The zero-order chi connectivity index (χ0) is 25.2. The first kappa shape index (κ1) is 24.5. The van der Waals surface area contributed by atoms with Gasteiger partial charge in [0.25, 0.3) is 0 Å². The van der Waals surface area contributed by atoms with Crippen LogP contribution in [-0.2, 0) is 9.53 Å². The van der Waals surface area contributed by atoms with Crippen LogP contribution < -0.4 is 15.4 Å². The number of amides is 1. The van der Waals surface area contributed by atoms with Crippen LogP contribution in [-0.4, -0.2) is 51.9 Å². The van der Waals surface area contributed by atoms with Crippen LogP contribution >= 0.6 is 0 Å². The van der Waals surface area contributed by atoms with Gasteiger partial charge in [-0.05, 0) is 76.2 Å². The van der Waals surface area contributed by atoms with Crippen molar-refractivity contribution in [2.24, 2.45) is 11.8 Å². The molecule has 1 atom stereocenters. The molecule has 0 radical (unpaired) electrons. The highest BCUT2D eigenvalue weighted by Crippen LogP contribution is 2.34. The molecular weight excluding hydrogens is 466 g/mol. The third-order valence-corrected chi connectivity index (χ3v) is 8.29. The first-order valence-electron chi connectivity index (χ1n) is 14.1. The zero-order valence-corrected chi connectivity index (χ0v) is 21.9. The van der Waals surface area contributed by atoms with Gasteiger partial charge in [0, 0.05) is 31.9 Å². The van der Waals surface area contributed by atoms with Crippen LogP contribution in [0, 0.1) is 11.8 Å². The van der Waals surface area contributed by atoms with Gasteiger partial charge in [-0.2, -0.15) is 0 Å². The Morgan fingerprint density at radius 1 is 1.19 bits per heavy atom. The van der Waals surface area contributed by atoms with Gasteiger partial charge in [0.05, 0.1) is 23.5 Å². The second kappa shape index (κ2) is 10.5. The molecule has 8 nitrogen and oxygen atoms in total. The van der Waals surface area contributed by atoms with Crippen molar-refractivity contribution in [1.29, 1.82) is 0 Å². The van der Waals surface area contributed by atoms with Crippen molar-refractivity contribution < 1.29 is 14.3 Å². The molecule has 1 aliphatic heterocycles. The van der Waals surface area contributed by atoms with Crippen LogP contribution in [0.4, 0.5) is 5.69 Å².